The van der Waals surface area contributed by atoms with E-state index in [0.717, 1.165) is 22.1 Å². The predicted octanol–water partition coefficient (Wildman–Crippen LogP) is 1.61. The van der Waals surface area contributed by atoms with E-state index in [-0.39, 0.29) is 56.7 Å². The van der Waals surface area contributed by atoms with Crippen LogP contribution < -0.4 is 20.4 Å². The molecule has 3 aliphatic heterocycles. The van der Waals surface area contributed by atoms with Crippen LogP contribution in [0.25, 0.3) is 0 Å². The van der Waals surface area contributed by atoms with Gasteiger partial charge in [0.2, 0.25) is 0 Å². The molecule has 3 saturated heterocycles. The van der Waals surface area contributed by atoms with E-state index in [9.17, 15) is 23.2 Å². The molecule has 0 bridgehead atoms. The summed E-state index contributed by atoms with van der Waals surface area (Å²) >= 11 is 0. The van der Waals surface area contributed by atoms with E-state index in [4.69, 9.17) is 14.3 Å². The summed E-state index contributed by atoms with van der Waals surface area (Å²) in [6.45, 7) is 0.791. The van der Waals surface area contributed by atoms with E-state index in [1.807, 2.05) is 5.32 Å². The maximum atomic E-state index is 15.1. The molecule has 11 nitrogen and oxygen atoms in total. The summed E-state index contributed by atoms with van der Waals surface area (Å²) in [4.78, 5) is 43.6. The van der Waals surface area contributed by atoms with Crippen LogP contribution in [0, 0.1) is 11.6 Å². The zero-order valence-electron chi connectivity index (χ0n) is 19.8. The van der Waals surface area contributed by atoms with Gasteiger partial charge < -0.3 is 25.0 Å². The van der Waals surface area contributed by atoms with Crippen molar-refractivity contribution in [2.24, 2.45) is 0 Å². The largest absolute Gasteiger partial charge is 0.442 e. The Bertz CT molecular complexity index is 989. The number of carbonyl (C=O) groups is 3. The molecule has 3 heterocycles. The van der Waals surface area contributed by atoms with Crippen molar-refractivity contribution in [2.45, 2.75) is 31.4 Å². The number of cyclic esters (lactones) is 1. The number of carbonyl (C=O) groups excluding carboxylic acids is 3. The van der Waals surface area contributed by atoms with Gasteiger partial charge in [-0.2, -0.15) is 8.78 Å². The zero-order chi connectivity index (χ0) is 26.5. The number of urea groups is 1. The molecule has 2 N–H and O–H groups in total. The molecule has 0 unspecified atom stereocenters. The summed E-state index contributed by atoms with van der Waals surface area (Å²) in [5.74, 6) is -3.41. The Labute approximate surface area is 209 Å². The standard InChI is InChI=1S/C22H27F4N5O6/c23-16-9-14(30-12-15(37-22(30)34)11-27-20(32)19(25)26)10-17(24)18(16)29-3-4-31(36-8-5-29)21(33)28-13-1-6-35-7-2-13/h9-10,13,15,19H,1-8,11-12H2,(H,27,32)(H,28,33)/t15-/m0/s1. The van der Waals surface area contributed by atoms with E-state index in [2.05, 4.69) is 5.32 Å². The molecule has 0 radical (unpaired) electrons. The fourth-order valence-corrected chi connectivity index (χ4v) is 4.26. The lowest BCUT2D eigenvalue weighted by Gasteiger charge is -2.27. The van der Waals surface area contributed by atoms with Gasteiger partial charge in [-0.3, -0.25) is 14.5 Å². The van der Waals surface area contributed by atoms with E-state index in [1.54, 1.807) is 0 Å². The summed E-state index contributed by atoms with van der Waals surface area (Å²) in [7, 11) is 0. The van der Waals surface area contributed by atoms with Crippen molar-refractivity contribution < 1.29 is 46.3 Å². The van der Waals surface area contributed by atoms with Crippen molar-refractivity contribution in [3.63, 3.8) is 0 Å². The molecule has 1 aromatic carbocycles. The van der Waals surface area contributed by atoms with Crippen LogP contribution in [0.1, 0.15) is 12.8 Å². The minimum atomic E-state index is -3.22. The minimum absolute atomic E-state index is 0.00625. The van der Waals surface area contributed by atoms with Gasteiger partial charge in [-0.15, -0.1) is 0 Å². The SMILES string of the molecule is O=C(NC[C@H]1CN(c2cc(F)c(N3CCON(C(=O)NC4CCOCC4)CC3)c(F)c2)C(=O)O1)C(F)F. The van der Waals surface area contributed by atoms with Gasteiger partial charge in [0.25, 0.3) is 5.91 Å². The summed E-state index contributed by atoms with van der Waals surface area (Å²) in [5, 5.41) is 5.93. The van der Waals surface area contributed by atoms with E-state index < -0.39 is 42.2 Å². The minimum Gasteiger partial charge on any atom is -0.442 e. The molecule has 0 aliphatic carbocycles. The fourth-order valence-electron chi connectivity index (χ4n) is 4.26. The third-order valence-electron chi connectivity index (χ3n) is 6.16. The van der Waals surface area contributed by atoms with Gasteiger partial charge in [0, 0.05) is 44.5 Å². The Morgan fingerprint density at radius 2 is 1.76 bits per heavy atom. The van der Waals surface area contributed by atoms with Crippen LogP contribution in [-0.4, -0.2) is 94.2 Å². The van der Waals surface area contributed by atoms with Crippen LogP contribution in [0.5, 0.6) is 0 Å². The number of benzene rings is 1. The molecular weight excluding hydrogens is 506 g/mol. The molecule has 3 fully saturated rings. The normalized spacial score (nSPS) is 21.2. The highest BCUT2D eigenvalue weighted by atomic mass is 19.3. The fraction of sp³-hybridized carbons (Fsp3) is 0.591. The lowest BCUT2D eigenvalue weighted by Crippen LogP contribution is -2.47. The number of ether oxygens (including phenoxy) is 2. The molecule has 1 aromatic rings. The van der Waals surface area contributed by atoms with Gasteiger partial charge in [0.1, 0.15) is 11.8 Å². The molecule has 204 valence electrons. The first-order valence-electron chi connectivity index (χ1n) is 11.8. The summed E-state index contributed by atoms with van der Waals surface area (Å²) in [6.07, 6.45) is -3.75. The lowest BCUT2D eigenvalue weighted by atomic mass is 10.1. The van der Waals surface area contributed by atoms with Crippen molar-refractivity contribution in [2.75, 3.05) is 62.3 Å². The number of hydroxylamine groups is 2. The second-order valence-corrected chi connectivity index (χ2v) is 8.68. The van der Waals surface area contributed by atoms with Gasteiger partial charge in [-0.25, -0.2) is 23.4 Å². The first kappa shape index (κ1) is 26.7. The van der Waals surface area contributed by atoms with Gasteiger partial charge in [-0.1, -0.05) is 0 Å². The smallest absolute Gasteiger partial charge is 0.414 e. The quantitative estimate of drug-likeness (QED) is 0.535. The molecule has 15 heteroatoms. The number of anilines is 2. The van der Waals surface area contributed by atoms with Crippen LogP contribution in [0.15, 0.2) is 12.1 Å². The number of rotatable bonds is 6. The summed E-state index contributed by atoms with van der Waals surface area (Å²) in [5.41, 5.74) is -0.470. The van der Waals surface area contributed by atoms with Crippen molar-refractivity contribution in [3.05, 3.63) is 23.8 Å². The Morgan fingerprint density at radius 1 is 1.05 bits per heavy atom. The maximum Gasteiger partial charge on any atom is 0.414 e. The van der Waals surface area contributed by atoms with Gasteiger partial charge in [0.15, 0.2) is 11.6 Å². The monoisotopic (exact) mass is 533 g/mol. The lowest BCUT2D eigenvalue weighted by molar-refractivity contribution is -0.132. The third kappa shape index (κ3) is 6.52. The van der Waals surface area contributed by atoms with E-state index in [1.165, 1.54) is 4.90 Å². The molecule has 0 saturated carbocycles. The molecule has 4 amide bonds. The number of hydrogen-bond acceptors (Lipinski definition) is 7. The number of nitrogens with one attached hydrogen (secondary N) is 2. The highest BCUT2D eigenvalue weighted by molar-refractivity contribution is 5.90. The van der Waals surface area contributed by atoms with Gasteiger partial charge in [-0.05, 0) is 12.8 Å². The molecule has 0 aromatic heterocycles. The van der Waals surface area contributed by atoms with Gasteiger partial charge in [0.05, 0.1) is 31.9 Å². The second kappa shape index (κ2) is 11.8. The van der Waals surface area contributed by atoms with Crippen molar-refractivity contribution in [1.82, 2.24) is 15.7 Å². The Morgan fingerprint density at radius 3 is 2.43 bits per heavy atom. The third-order valence-corrected chi connectivity index (χ3v) is 6.16. The molecule has 3 aliphatic rings. The Balaban J connectivity index is 1.37. The number of amides is 4. The second-order valence-electron chi connectivity index (χ2n) is 8.68. The zero-order valence-corrected chi connectivity index (χ0v) is 19.8. The summed E-state index contributed by atoms with van der Waals surface area (Å²) in [6, 6.07) is 1.45. The topological polar surface area (TPSA) is 113 Å². The van der Waals surface area contributed by atoms with Crippen LogP contribution in [0.3, 0.4) is 0 Å². The van der Waals surface area contributed by atoms with Crippen molar-refractivity contribution in [3.8, 4) is 0 Å². The van der Waals surface area contributed by atoms with Crippen molar-refractivity contribution >= 4 is 29.4 Å². The molecule has 0 spiro atoms. The molecular formula is C22H27F4N5O6. The van der Waals surface area contributed by atoms with Gasteiger partial charge >= 0.3 is 18.5 Å². The summed E-state index contributed by atoms with van der Waals surface area (Å²) < 4.78 is 65.1. The number of halogens is 4. The highest BCUT2D eigenvalue weighted by Gasteiger charge is 2.35. The van der Waals surface area contributed by atoms with Crippen LogP contribution in [-0.2, 0) is 19.1 Å². The number of alkyl halides is 2. The van der Waals surface area contributed by atoms with E-state index in [0.29, 0.717) is 26.1 Å². The predicted molar refractivity (Wildman–Crippen MR) is 120 cm³/mol. The van der Waals surface area contributed by atoms with Crippen LogP contribution in [0.2, 0.25) is 0 Å². The first-order valence-corrected chi connectivity index (χ1v) is 11.8. The number of hydrogen-bond donors (Lipinski definition) is 2. The highest BCUT2D eigenvalue weighted by Crippen LogP contribution is 2.31. The molecule has 4 rings (SSSR count). The van der Waals surface area contributed by atoms with E-state index >= 15 is 8.78 Å². The average molecular weight is 533 g/mol. The first-order chi connectivity index (χ1) is 17.7. The van der Waals surface area contributed by atoms with Crippen LogP contribution >= 0.6 is 0 Å². The number of nitrogens with zero attached hydrogens (tertiary/aromatic N) is 3. The average Bonchev–Trinajstić information content (AvgIpc) is 3.07. The van der Waals surface area contributed by atoms with Crippen LogP contribution in [0.4, 0.5) is 38.5 Å². The molecule has 37 heavy (non-hydrogen) atoms. The maximum absolute atomic E-state index is 15.1. The Hall–Kier alpha value is -3.33. The Kier molecular flexibility index (Phi) is 8.53. The molecule has 1 atom stereocenters. The van der Waals surface area contributed by atoms with Crippen molar-refractivity contribution in [1.29, 1.82) is 0 Å².